The highest BCUT2D eigenvalue weighted by atomic mass is 16.1. The van der Waals surface area contributed by atoms with Crippen molar-refractivity contribution in [1.82, 2.24) is 15.0 Å². The van der Waals surface area contributed by atoms with Crippen LogP contribution in [0.2, 0.25) is 0 Å². The predicted octanol–water partition coefficient (Wildman–Crippen LogP) is 0.365. The highest BCUT2D eigenvalue weighted by molar-refractivity contribution is 6.04. The molecular weight excluding hydrogens is 168 g/mol. The first-order valence-electron chi connectivity index (χ1n) is 3.79. The summed E-state index contributed by atoms with van der Waals surface area (Å²) in [5.74, 6) is 0.184. The molecule has 5 nitrogen and oxygen atoms in total. The molecule has 0 fully saturated rings. The fraction of sp³-hybridized carbons (Fsp3) is 0.125. The van der Waals surface area contributed by atoms with Crippen LogP contribution in [-0.4, -0.2) is 20.9 Å². The Kier molecular flexibility index (Phi) is 1.51. The molecule has 3 N–H and O–H groups in total. The van der Waals surface area contributed by atoms with Crippen molar-refractivity contribution in [3.63, 3.8) is 0 Å². The average Bonchev–Trinajstić information content (AvgIpc) is 2.46. The number of nitrogens with one attached hydrogen (secondary N) is 1. The minimum Gasteiger partial charge on any atom is -0.366 e. The average molecular weight is 176 g/mol. The first-order chi connectivity index (χ1) is 6.18. The van der Waals surface area contributed by atoms with E-state index in [9.17, 15) is 4.79 Å². The lowest BCUT2D eigenvalue weighted by atomic mass is 10.2. The Bertz CT molecular complexity index is 474. The standard InChI is InChI=1S/C8H8N4O/c1-4-10-3-6-5(7(9)13)2-11-8(6)12-4/h2-3H,1H3,(H2,9,13)(H,10,11,12). The number of H-pyrrole nitrogens is 1. The van der Waals surface area contributed by atoms with Gasteiger partial charge in [-0.25, -0.2) is 9.97 Å². The van der Waals surface area contributed by atoms with Crippen LogP contribution in [0.5, 0.6) is 0 Å². The van der Waals surface area contributed by atoms with E-state index in [1.165, 1.54) is 0 Å². The highest BCUT2D eigenvalue weighted by Crippen LogP contribution is 2.14. The van der Waals surface area contributed by atoms with Crippen LogP contribution in [0.15, 0.2) is 12.4 Å². The van der Waals surface area contributed by atoms with Gasteiger partial charge in [0, 0.05) is 17.8 Å². The summed E-state index contributed by atoms with van der Waals surface area (Å²) < 4.78 is 0. The van der Waals surface area contributed by atoms with Gasteiger partial charge in [0.05, 0.1) is 5.56 Å². The number of carbonyl (C=O) groups is 1. The number of rotatable bonds is 1. The van der Waals surface area contributed by atoms with Gasteiger partial charge in [-0.1, -0.05) is 0 Å². The van der Waals surface area contributed by atoms with Crippen molar-refractivity contribution < 1.29 is 4.79 Å². The molecule has 0 spiro atoms. The van der Waals surface area contributed by atoms with Gasteiger partial charge < -0.3 is 10.7 Å². The van der Waals surface area contributed by atoms with Crippen molar-refractivity contribution in [2.75, 3.05) is 0 Å². The molecule has 0 unspecified atom stereocenters. The van der Waals surface area contributed by atoms with E-state index >= 15 is 0 Å². The zero-order valence-electron chi connectivity index (χ0n) is 7.03. The largest absolute Gasteiger partial charge is 0.366 e. The lowest BCUT2D eigenvalue weighted by Gasteiger charge is -1.92. The molecule has 0 aliphatic heterocycles. The van der Waals surface area contributed by atoms with E-state index in [0.29, 0.717) is 22.4 Å². The first-order valence-corrected chi connectivity index (χ1v) is 3.79. The summed E-state index contributed by atoms with van der Waals surface area (Å²) >= 11 is 0. The van der Waals surface area contributed by atoms with E-state index in [-0.39, 0.29) is 0 Å². The van der Waals surface area contributed by atoms with Gasteiger partial charge in [-0.2, -0.15) is 0 Å². The summed E-state index contributed by atoms with van der Waals surface area (Å²) in [7, 11) is 0. The normalized spacial score (nSPS) is 10.5. The topological polar surface area (TPSA) is 84.7 Å². The van der Waals surface area contributed by atoms with Crippen molar-refractivity contribution in [1.29, 1.82) is 0 Å². The lowest BCUT2D eigenvalue weighted by molar-refractivity contribution is 0.100. The van der Waals surface area contributed by atoms with Crippen LogP contribution in [-0.2, 0) is 0 Å². The maximum absolute atomic E-state index is 10.9. The van der Waals surface area contributed by atoms with Crippen LogP contribution in [0.1, 0.15) is 16.2 Å². The Hall–Kier alpha value is -1.91. The molecule has 2 aromatic rings. The molecule has 1 amide bonds. The molecule has 0 aliphatic carbocycles. The number of hydrogen-bond donors (Lipinski definition) is 2. The maximum atomic E-state index is 10.9. The van der Waals surface area contributed by atoms with E-state index in [1.54, 1.807) is 19.3 Å². The molecule has 2 heterocycles. The number of nitrogens with zero attached hydrogens (tertiary/aromatic N) is 2. The summed E-state index contributed by atoms with van der Waals surface area (Å²) in [6.45, 7) is 1.78. The smallest absolute Gasteiger partial charge is 0.250 e. The number of amides is 1. The molecule has 0 aromatic carbocycles. The van der Waals surface area contributed by atoms with Crippen molar-refractivity contribution in [3.8, 4) is 0 Å². The molecule has 0 saturated heterocycles. The zero-order chi connectivity index (χ0) is 9.42. The van der Waals surface area contributed by atoms with Crippen LogP contribution < -0.4 is 5.73 Å². The molecular formula is C8H8N4O. The molecule has 13 heavy (non-hydrogen) atoms. The molecule has 5 heteroatoms. The molecule has 0 radical (unpaired) electrons. The third kappa shape index (κ3) is 1.14. The molecule has 0 saturated carbocycles. The molecule has 0 aliphatic rings. The first kappa shape index (κ1) is 7.72. The molecule has 2 rings (SSSR count). The van der Waals surface area contributed by atoms with Crippen LogP contribution in [0.4, 0.5) is 0 Å². The highest BCUT2D eigenvalue weighted by Gasteiger charge is 2.09. The van der Waals surface area contributed by atoms with Gasteiger partial charge in [0.15, 0.2) is 0 Å². The Labute approximate surface area is 74.0 Å². The van der Waals surface area contributed by atoms with Crippen molar-refractivity contribution in [2.24, 2.45) is 5.73 Å². The van der Waals surface area contributed by atoms with Gasteiger partial charge in [-0.15, -0.1) is 0 Å². The SMILES string of the molecule is Cc1ncc2c(C(N)=O)c[nH]c2n1. The number of primary amides is 1. The third-order valence-electron chi connectivity index (χ3n) is 1.82. The van der Waals surface area contributed by atoms with Crippen LogP contribution in [0, 0.1) is 6.92 Å². The summed E-state index contributed by atoms with van der Waals surface area (Å²) in [5.41, 5.74) is 6.21. The lowest BCUT2D eigenvalue weighted by Crippen LogP contribution is -2.10. The van der Waals surface area contributed by atoms with E-state index in [2.05, 4.69) is 15.0 Å². The van der Waals surface area contributed by atoms with Crippen molar-refractivity contribution in [3.05, 3.63) is 23.8 Å². The summed E-state index contributed by atoms with van der Waals surface area (Å²) in [5, 5.41) is 0.665. The molecule has 0 atom stereocenters. The van der Waals surface area contributed by atoms with E-state index in [1.807, 2.05) is 0 Å². The Balaban J connectivity index is 2.76. The van der Waals surface area contributed by atoms with Crippen LogP contribution in [0.3, 0.4) is 0 Å². The van der Waals surface area contributed by atoms with Gasteiger partial charge in [-0.05, 0) is 6.92 Å². The molecule has 66 valence electrons. The van der Waals surface area contributed by atoms with Crippen molar-refractivity contribution in [2.45, 2.75) is 6.92 Å². The predicted molar refractivity (Wildman–Crippen MR) is 47.1 cm³/mol. The summed E-state index contributed by atoms with van der Waals surface area (Å²) in [4.78, 5) is 21.9. The Morgan fingerprint density at radius 3 is 3.08 bits per heavy atom. The summed E-state index contributed by atoms with van der Waals surface area (Å²) in [6, 6.07) is 0. The maximum Gasteiger partial charge on any atom is 0.250 e. The van der Waals surface area contributed by atoms with Gasteiger partial charge >= 0.3 is 0 Å². The van der Waals surface area contributed by atoms with Crippen LogP contribution in [0.25, 0.3) is 11.0 Å². The fourth-order valence-corrected chi connectivity index (χ4v) is 1.20. The number of carbonyl (C=O) groups excluding carboxylic acids is 1. The van der Waals surface area contributed by atoms with Gasteiger partial charge in [0.25, 0.3) is 5.91 Å². The number of nitrogens with two attached hydrogens (primary N) is 1. The number of aromatic nitrogens is 3. The van der Waals surface area contributed by atoms with Gasteiger partial charge in [0.1, 0.15) is 11.5 Å². The number of fused-ring (bicyclic) bond motifs is 1. The number of aromatic amines is 1. The second-order valence-electron chi connectivity index (χ2n) is 2.75. The number of aryl methyl sites for hydroxylation is 1. The Morgan fingerprint density at radius 2 is 2.38 bits per heavy atom. The van der Waals surface area contributed by atoms with Crippen molar-refractivity contribution >= 4 is 16.9 Å². The van der Waals surface area contributed by atoms with E-state index in [0.717, 1.165) is 0 Å². The van der Waals surface area contributed by atoms with E-state index < -0.39 is 5.91 Å². The fourth-order valence-electron chi connectivity index (χ4n) is 1.20. The summed E-state index contributed by atoms with van der Waals surface area (Å²) in [6.07, 6.45) is 3.13. The zero-order valence-corrected chi connectivity index (χ0v) is 7.03. The van der Waals surface area contributed by atoms with E-state index in [4.69, 9.17) is 5.73 Å². The second-order valence-corrected chi connectivity index (χ2v) is 2.75. The second kappa shape index (κ2) is 2.55. The van der Waals surface area contributed by atoms with Gasteiger partial charge in [-0.3, -0.25) is 4.79 Å². The minimum atomic E-state index is -0.473. The van der Waals surface area contributed by atoms with Gasteiger partial charge in [0.2, 0.25) is 0 Å². The molecule has 0 bridgehead atoms. The minimum absolute atomic E-state index is 0.426. The van der Waals surface area contributed by atoms with Crippen LogP contribution >= 0.6 is 0 Å². The third-order valence-corrected chi connectivity index (χ3v) is 1.82. The molecule has 2 aromatic heterocycles. The Morgan fingerprint density at radius 1 is 1.62 bits per heavy atom. The quantitative estimate of drug-likeness (QED) is 0.658. The number of hydrogen-bond acceptors (Lipinski definition) is 3. The monoisotopic (exact) mass is 176 g/mol.